The summed E-state index contributed by atoms with van der Waals surface area (Å²) in [6, 6.07) is 16.1. The lowest BCUT2D eigenvalue weighted by atomic mass is 10.1. The van der Waals surface area contributed by atoms with Gasteiger partial charge in [0.2, 0.25) is 17.7 Å². The summed E-state index contributed by atoms with van der Waals surface area (Å²) in [6.45, 7) is 2.65. The molecule has 0 N–H and O–H groups in total. The van der Waals surface area contributed by atoms with Gasteiger partial charge in [-0.3, -0.25) is 4.79 Å². The number of methoxy groups -OCH3 is 1. The van der Waals surface area contributed by atoms with Crippen LogP contribution in [0.4, 0.5) is 0 Å². The van der Waals surface area contributed by atoms with E-state index in [0.29, 0.717) is 37.2 Å². The predicted octanol–water partition coefficient (Wildman–Crippen LogP) is 4.18. The predicted molar refractivity (Wildman–Crippen MR) is 109 cm³/mol. The molecule has 0 unspecified atom stereocenters. The Kier molecular flexibility index (Phi) is 5.60. The molecule has 0 radical (unpaired) electrons. The molecule has 6 nitrogen and oxygen atoms in total. The summed E-state index contributed by atoms with van der Waals surface area (Å²) in [4.78, 5) is 14.8. The fourth-order valence-electron chi connectivity index (χ4n) is 3.26. The van der Waals surface area contributed by atoms with E-state index in [1.165, 1.54) is 5.56 Å². The Morgan fingerprint density at radius 3 is 2.48 bits per heavy atom. The van der Waals surface area contributed by atoms with E-state index in [-0.39, 0.29) is 5.91 Å². The first-order valence-electron chi connectivity index (χ1n) is 9.94. The summed E-state index contributed by atoms with van der Waals surface area (Å²) in [5.41, 5.74) is 3.17. The fraction of sp³-hybridized carbons (Fsp3) is 0.348. The quantitative estimate of drug-likeness (QED) is 0.576. The van der Waals surface area contributed by atoms with Crippen molar-refractivity contribution in [2.24, 2.45) is 0 Å². The van der Waals surface area contributed by atoms with Crippen molar-refractivity contribution >= 4 is 5.91 Å². The molecule has 0 aliphatic heterocycles. The van der Waals surface area contributed by atoms with Crippen molar-refractivity contribution in [1.82, 2.24) is 15.1 Å². The third-order valence-corrected chi connectivity index (χ3v) is 5.14. The molecule has 0 atom stereocenters. The van der Waals surface area contributed by atoms with Gasteiger partial charge in [-0.2, -0.15) is 0 Å². The van der Waals surface area contributed by atoms with Crippen molar-refractivity contribution in [3.63, 3.8) is 0 Å². The summed E-state index contributed by atoms with van der Waals surface area (Å²) in [5, 5.41) is 8.23. The van der Waals surface area contributed by atoms with Crippen LogP contribution in [0, 0.1) is 6.92 Å². The van der Waals surface area contributed by atoms with E-state index < -0.39 is 0 Å². The van der Waals surface area contributed by atoms with Gasteiger partial charge in [0, 0.05) is 31.0 Å². The van der Waals surface area contributed by atoms with Gasteiger partial charge in [0.05, 0.1) is 7.11 Å². The van der Waals surface area contributed by atoms with Crippen molar-refractivity contribution in [2.45, 2.75) is 45.2 Å². The molecule has 3 aromatic rings. The maximum absolute atomic E-state index is 12.9. The van der Waals surface area contributed by atoms with E-state index in [9.17, 15) is 4.79 Å². The standard InChI is InChI=1S/C23H25N3O3/c1-16-3-7-18(8-4-16)23-25-24-21(29-23)13-14-22(27)26(19-9-10-19)15-17-5-11-20(28-2)12-6-17/h3-8,11-12,19H,9-10,13-15H2,1-2H3. The monoisotopic (exact) mass is 391 g/mol. The van der Waals surface area contributed by atoms with E-state index in [1.54, 1.807) is 7.11 Å². The zero-order valence-electron chi connectivity index (χ0n) is 16.8. The van der Waals surface area contributed by atoms with Gasteiger partial charge in [-0.25, -0.2) is 0 Å². The Bertz CT molecular complexity index is 960. The summed E-state index contributed by atoms with van der Waals surface area (Å²) < 4.78 is 11.0. The molecular weight excluding hydrogens is 366 g/mol. The van der Waals surface area contributed by atoms with Gasteiger partial charge in [0.25, 0.3) is 0 Å². The molecule has 2 aromatic carbocycles. The smallest absolute Gasteiger partial charge is 0.247 e. The molecular formula is C23H25N3O3. The number of nitrogens with zero attached hydrogens (tertiary/aromatic N) is 3. The van der Waals surface area contributed by atoms with E-state index in [2.05, 4.69) is 10.2 Å². The second-order valence-electron chi connectivity index (χ2n) is 7.47. The van der Waals surface area contributed by atoms with E-state index in [4.69, 9.17) is 9.15 Å². The lowest BCUT2D eigenvalue weighted by Crippen LogP contribution is -2.32. The largest absolute Gasteiger partial charge is 0.497 e. The average molecular weight is 391 g/mol. The van der Waals surface area contributed by atoms with Crippen LogP contribution in [0.5, 0.6) is 5.75 Å². The van der Waals surface area contributed by atoms with Crippen molar-refractivity contribution in [3.8, 4) is 17.2 Å². The number of carbonyl (C=O) groups is 1. The Hall–Kier alpha value is -3.15. The normalized spacial score (nSPS) is 13.3. The molecule has 1 fully saturated rings. The Morgan fingerprint density at radius 1 is 1.10 bits per heavy atom. The number of benzene rings is 2. The molecule has 1 amide bonds. The van der Waals surface area contributed by atoms with Crippen LogP contribution >= 0.6 is 0 Å². The number of aryl methyl sites for hydroxylation is 2. The summed E-state index contributed by atoms with van der Waals surface area (Å²) >= 11 is 0. The highest BCUT2D eigenvalue weighted by molar-refractivity contribution is 5.77. The zero-order chi connectivity index (χ0) is 20.2. The minimum absolute atomic E-state index is 0.124. The lowest BCUT2D eigenvalue weighted by molar-refractivity contribution is -0.132. The summed E-state index contributed by atoms with van der Waals surface area (Å²) in [6.07, 6.45) is 2.95. The highest BCUT2D eigenvalue weighted by Gasteiger charge is 2.32. The van der Waals surface area contributed by atoms with Crippen molar-refractivity contribution in [1.29, 1.82) is 0 Å². The minimum Gasteiger partial charge on any atom is -0.497 e. The second kappa shape index (κ2) is 8.47. The molecule has 150 valence electrons. The minimum atomic E-state index is 0.124. The van der Waals surface area contributed by atoms with Gasteiger partial charge >= 0.3 is 0 Å². The highest BCUT2D eigenvalue weighted by Crippen LogP contribution is 2.29. The Morgan fingerprint density at radius 2 is 1.83 bits per heavy atom. The van der Waals surface area contributed by atoms with Gasteiger partial charge in [-0.1, -0.05) is 29.8 Å². The van der Waals surface area contributed by atoms with Gasteiger partial charge in [0.15, 0.2) is 0 Å². The number of hydrogen-bond acceptors (Lipinski definition) is 5. The molecule has 29 heavy (non-hydrogen) atoms. The number of rotatable bonds is 8. The average Bonchev–Trinajstić information content (AvgIpc) is 3.48. The molecule has 1 aliphatic carbocycles. The van der Waals surface area contributed by atoms with Gasteiger partial charge in [-0.15, -0.1) is 10.2 Å². The van der Waals surface area contributed by atoms with Gasteiger partial charge in [0.1, 0.15) is 5.75 Å². The van der Waals surface area contributed by atoms with Gasteiger partial charge in [-0.05, 0) is 49.6 Å². The molecule has 6 heteroatoms. The van der Waals surface area contributed by atoms with Crippen LogP contribution in [0.3, 0.4) is 0 Å². The van der Waals surface area contributed by atoms with Crippen molar-refractivity contribution in [3.05, 3.63) is 65.5 Å². The summed E-state index contributed by atoms with van der Waals surface area (Å²) in [7, 11) is 1.65. The first-order chi connectivity index (χ1) is 14.1. The lowest BCUT2D eigenvalue weighted by Gasteiger charge is -2.22. The topological polar surface area (TPSA) is 68.5 Å². The van der Waals surface area contributed by atoms with Crippen LogP contribution in [0.15, 0.2) is 52.9 Å². The van der Waals surface area contributed by atoms with Crippen LogP contribution in [-0.4, -0.2) is 34.2 Å². The van der Waals surface area contributed by atoms with Crippen LogP contribution < -0.4 is 4.74 Å². The zero-order valence-corrected chi connectivity index (χ0v) is 16.8. The van der Waals surface area contributed by atoms with Crippen molar-refractivity contribution < 1.29 is 13.9 Å². The maximum atomic E-state index is 12.9. The van der Waals surface area contributed by atoms with Gasteiger partial charge < -0.3 is 14.1 Å². The first kappa shape index (κ1) is 19.2. The van der Waals surface area contributed by atoms with Crippen molar-refractivity contribution in [2.75, 3.05) is 7.11 Å². The number of aromatic nitrogens is 2. The molecule has 4 rings (SSSR count). The van der Waals surface area contributed by atoms with E-state index >= 15 is 0 Å². The number of ether oxygens (including phenoxy) is 1. The number of carbonyl (C=O) groups excluding carboxylic acids is 1. The molecule has 0 saturated heterocycles. The molecule has 0 bridgehead atoms. The van der Waals surface area contributed by atoms with Crippen LogP contribution in [0.2, 0.25) is 0 Å². The Labute approximate surface area is 170 Å². The molecule has 1 aromatic heterocycles. The van der Waals surface area contributed by atoms with E-state index in [1.807, 2.05) is 60.4 Å². The highest BCUT2D eigenvalue weighted by atomic mass is 16.5. The van der Waals surface area contributed by atoms with Crippen LogP contribution in [-0.2, 0) is 17.8 Å². The second-order valence-corrected chi connectivity index (χ2v) is 7.47. The third kappa shape index (κ3) is 4.83. The fourth-order valence-corrected chi connectivity index (χ4v) is 3.26. The van der Waals surface area contributed by atoms with Crippen LogP contribution in [0.25, 0.3) is 11.5 Å². The van der Waals surface area contributed by atoms with E-state index in [0.717, 1.165) is 29.7 Å². The number of hydrogen-bond donors (Lipinski definition) is 0. The SMILES string of the molecule is COc1ccc(CN(C(=O)CCc2nnc(-c3ccc(C)cc3)o2)C2CC2)cc1. The molecule has 1 heterocycles. The molecule has 0 spiro atoms. The van der Waals surface area contributed by atoms with Crippen LogP contribution in [0.1, 0.15) is 36.3 Å². The molecule has 1 aliphatic rings. The first-order valence-corrected chi connectivity index (χ1v) is 9.94. The third-order valence-electron chi connectivity index (χ3n) is 5.14. The summed E-state index contributed by atoms with van der Waals surface area (Å²) in [5.74, 6) is 1.93. The molecule has 1 saturated carbocycles. The maximum Gasteiger partial charge on any atom is 0.247 e. The number of amides is 1. The Balaban J connectivity index is 1.36.